The molecule has 0 saturated heterocycles. The molecule has 0 aromatic rings. The minimum absolute atomic E-state index is 0.756. The highest BCUT2D eigenvalue weighted by molar-refractivity contribution is 5.77. The van der Waals surface area contributed by atoms with Crippen molar-refractivity contribution >= 4 is 5.97 Å². The Balaban J connectivity index is 4.09. The number of aliphatic carboxylic acids is 1. The Morgan fingerprint density at radius 3 is 2.00 bits per heavy atom. The topological polar surface area (TPSA) is 43.8 Å². The van der Waals surface area contributed by atoms with Gasteiger partial charge in [-0.25, -0.2) is 0 Å². The van der Waals surface area contributed by atoms with Crippen LogP contribution in [0, 0.1) is 0 Å². The second kappa shape index (κ2) is 4.58. The summed E-state index contributed by atoms with van der Waals surface area (Å²) in [6.07, 6.45) is 0. The van der Waals surface area contributed by atoms with Crippen LogP contribution < -0.4 is 0 Å². The van der Waals surface area contributed by atoms with Gasteiger partial charge in [-0.2, -0.15) is 0 Å². The summed E-state index contributed by atoms with van der Waals surface area (Å²) in [5, 5.41) is 8.92. The molecule has 0 radical (unpaired) electrons. The highest BCUT2D eigenvalue weighted by atomic mass is 16.4. The van der Waals surface area contributed by atoms with E-state index in [1.807, 2.05) is 30.9 Å². The summed E-state index contributed by atoms with van der Waals surface area (Å²) in [4.78, 5) is 14.7. The highest BCUT2D eigenvalue weighted by Crippen LogP contribution is 2.11. The largest absolute Gasteiger partial charge is 0.480 e. The molecule has 4 heteroatoms. The van der Waals surface area contributed by atoms with Gasteiger partial charge in [0.25, 0.3) is 0 Å². The fourth-order valence-corrected chi connectivity index (χ4v) is 0.793. The van der Waals surface area contributed by atoms with Crippen LogP contribution in [0.1, 0.15) is 13.8 Å². The number of carboxylic acid groups (broad SMARTS) is 1. The molecule has 78 valence electrons. The Morgan fingerprint density at radius 2 is 1.69 bits per heavy atom. The lowest BCUT2D eigenvalue weighted by atomic mass is 10.0. The standard InChI is InChI=1S/C9H20N2O2/c1-9(2,8(12)13)11(5)7-6-10(3)4/h6-7H2,1-5H3,(H,12,13). The van der Waals surface area contributed by atoms with Gasteiger partial charge in [-0.3, -0.25) is 9.69 Å². The average molecular weight is 188 g/mol. The highest BCUT2D eigenvalue weighted by Gasteiger charge is 2.31. The minimum atomic E-state index is -0.784. The van der Waals surface area contributed by atoms with E-state index in [0.29, 0.717) is 0 Å². The van der Waals surface area contributed by atoms with Crippen LogP contribution in [0.25, 0.3) is 0 Å². The van der Waals surface area contributed by atoms with Crippen LogP contribution in [0.2, 0.25) is 0 Å². The lowest BCUT2D eigenvalue weighted by Gasteiger charge is -2.32. The molecule has 0 fully saturated rings. The maximum atomic E-state index is 10.9. The first-order chi connectivity index (χ1) is 5.78. The van der Waals surface area contributed by atoms with Crippen LogP contribution in [-0.4, -0.2) is 60.6 Å². The maximum absolute atomic E-state index is 10.9. The summed E-state index contributed by atoms with van der Waals surface area (Å²) in [7, 11) is 5.78. The molecule has 0 saturated carbocycles. The van der Waals surface area contributed by atoms with Gasteiger partial charge in [0.05, 0.1) is 0 Å². The van der Waals surface area contributed by atoms with E-state index in [1.54, 1.807) is 13.8 Å². The van der Waals surface area contributed by atoms with Gasteiger partial charge in [0.1, 0.15) is 5.54 Å². The third-order valence-electron chi connectivity index (χ3n) is 2.36. The van der Waals surface area contributed by atoms with Crippen molar-refractivity contribution < 1.29 is 9.90 Å². The number of hydrogen-bond acceptors (Lipinski definition) is 3. The molecule has 0 aliphatic rings. The molecule has 0 aromatic heterocycles. The average Bonchev–Trinajstić information content (AvgIpc) is 1.99. The zero-order valence-corrected chi connectivity index (χ0v) is 9.16. The van der Waals surface area contributed by atoms with E-state index in [9.17, 15) is 4.79 Å². The number of nitrogens with zero attached hydrogens (tertiary/aromatic N) is 2. The predicted molar refractivity (Wildman–Crippen MR) is 52.9 cm³/mol. The smallest absolute Gasteiger partial charge is 0.323 e. The summed E-state index contributed by atoms with van der Waals surface area (Å²) < 4.78 is 0. The fourth-order valence-electron chi connectivity index (χ4n) is 0.793. The first kappa shape index (κ1) is 12.4. The molecule has 0 aliphatic carbocycles. The molecule has 1 N–H and O–H groups in total. The van der Waals surface area contributed by atoms with Crippen LogP contribution in [0.5, 0.6) is 0 Å². The SMILES string of the molecule is CN(C)CCN(C)C(C)(C)C(=O)O. The van der Waals surface area contributed by atoms with Gasteiger partial charge < -0.3 is 10.0 Å². The summed E-state index contributed by atoms with van der Waals surface area (Å²) in [6.45, 7) is 5.05. The van der Waals surface area contributed by atoms with Crippen LogP contribution in [0.15, 0.2) is 0 Å². The van der Waals surface area contributed by atoms with Crippen molar-refractivity contribution in [3.8, 4) is 0 Å². The summed E-state index contributed by atoms with van der Waals surface area (Å²) in [5.41, 5.74) is -0.782. The maximum Gasteiger partial charge on any atom is 0.323 e. The zero-order chi connectivity index (χ0) is 10.6. The molecule has 0 bridgehead atoms. The van der Waals surface area contributed by atoms with Crippen molar-refractivity contribution in [2.24, 2.45) is 0 Å². The molecule has 0 amide bonds. The zero-order valence-electron chi connectivity index (χ0n) is 9.16. The van der Waals surface area contributed by atoms with Gasteiger partial charge in [-0.1, -0.05) is 0 Å². The molecule has 0 heterocycles. The van der Waals surface area contributed by atoms with Gasteiger partial charge in [-0.05, 0) is 35.0 Å². The van der Waals surface area contributed by atoms with E-state index in [-0.39, 0.29) is 0 Å². The van der Waals surface area contributed by atoms with E-state index in [0.717, 1.165) is 13.1 Å². The second-order valence-corrected chi connectivity index (χ2v) is 4.09. The quantitative estimate of drug-likeness (QED) is 0.676. The van der Waals surface area contributed by atoms with Crippen molar-refractivity contribution in [2.75, 3.05) is 34.2 Å². The summed E-state index contributed by atoms with van der Waals surface area (Å²) in [6, 6.07) is 0. The first-order valence-corrected chi connectivity index (χ1v) is 4.38. The molecular formula is C9H20N2O2. The second-order valence-electron chi connectivity index (χ2n) is 4.09. The Bertz CT molecular complexity index is 178. The Morgan fingerprint density at radius 1 is 1.23 bits per heavy atom. The van der Waals surface area contributed by atoms with Gasteiger partial charge >= 0.3 is 5.97 Å². The van der Waals surface area contributed by atoms with Crippen LogP contribution in [0.3, 0.4) is 0 Å². The third kappa shape index (κ3) is 3.74. The molecule has 0 spiro atoms. The molecule has 13 heavy (non-hydrogen) atoms. The number of carbonyl (C=O) groups is 1. The Kier molecular flexibility index (Phi) is 4.36. The molecular weight excluding hydrogens is 168 g/mol. The van der Waals surface area contributed by atoms with E-state index < -0.39 is 11.5 Å². The van der Waals surface area contributed by atoms with Crippen LogP contribution in [0.4, 0.5) is 0 Å². The lowest BCUT2D eigenvalue weighted by molar-refractivity contribution is -0.148. The molecule has 4 nitrogen and oxygen atoms in total. The normalized spacial score (nSPS) is 12.5. The molecule has 0 aliphatic heterocycles. The Labute approximate surface area is 80.1 Å². The minimum Gasteiger partial charge on any atom is -0.480 e. The van der Waals surface area contributed by atoms with Gasteiger partial charge in [0, 0.05) is 13.1 Å². The van der Waals surface area contributed by atoms with E-state index in [2.05, 4.69) is 0 Å². The van der Waals surface area contributed by atoms with E-state index in [1.165, 1.54) is 0 Å². The molecule has 0 atom stereocenters. The van der Waals surface area contributed by atoms with Crippen molar-refractivity contribution in [3.63, 3.8) is 0 Å². The van der Waals surface area contributed by atoms with Crippen molar-refractivity contribution in [1.82, 2.24) is 9.80 Å². The van der Waals surface area contributed by atoms with Crippen molar-refractivity contribution in [1.29, 1.82) is 0 Å². The van der Waals surface area contributed by atoms with Gasteiger partial charge in [-0.15, -0.1) is 0 Å². The number of likely N-dealkylation sites (N-methyl/N-ethyl adjacent to an activating group) is 2. The predicted octanol–water partition coefficient (Wildman–Crippen LogP) is 0.343. The lowest BCUT2D eigenvalue weighted by Crippen LogP contribution is -2.49. The molecule has 0 rings (SSSR count). The number of hydrogen-bond donors (Lipinski definition) is 1. The number of carboxylic acids is 1. The Hall–Kier alpha value is -0.610. The number of rotatable bonds is 5. The van der Waals surface area contributed by atoms with Gasteiger partial charge in [0.2, 0.25) is 0 Å². The summed E-state index contributed by atoms with van der Waals surface area (Å²) in [5.74, 6) is -0.784. The molecule has 0 unspecified atom stereocenters. The van der Waals surface area contributed by atoms with Crippen molar-refractivity contribution in [2.45, 2.75) is 19.4 Å². The van der Waals surface area contributed by atoms with Crippen molar-refractivity contribution in [3.05, 3.63) is 0 Å². The summed E-state index contributed by atoms with van der Waals surface area (Å²) >= 11 is 0. The van der Waals surface area contributed by atoms with Gasteiger partial charge in [0.15, 0.2) is 0 Å². The fraction of sp³-hybridized carbons (Fsp3) is 0.889. The third-order valence-corrected chi connectivity index (χ3v) is 2.36. The monoisotopic (exact) mass is 188 g/mol. The van der Waals surface area contributed by atoms with E-state index in [4.69, 9.17) is 5.11 Å². The van der Waals surface area contributed by atoms with Crippen LogP contribution >= 0.6 is 0 Å². The van der Waals surface area contributed by atoms with Crippen LogP contribution in [-0.2, 0) is 4.79 Å². The first-order valence-electron chi connectivity index (χ1n) is 4.38. The van der Waals surface area contributed by atoms with E-state index >= 15 is 0 Å². The molecule has 0 aromatic carbocycles.